The van der Waals surface area contributed by atoms with Gasteiger partial charge < -0.3 is 20.3 Å². The van der Waals surface area contributed by atoms with E-state index in [1.165, 1.54) is 5.56 Å². The van der Waals surface area contributed by atoms with Crippen molar-refractivity contribution in [2.75, 3.05) is 33.8 Å². The predicted octanol–water partition coefficient (Wildman–Crippen LogP) is 3.84. The SMILES string of the molecule is CCNC(=NCc1ccccc1COCC)NCCc1cccc(C(=O)N(C)C)c1.I. The van der Waals surface area contributed by atoms with Crippen LogP contribution >= 0.6 is 24.0 Å². The van der Waals surface area contributed by atoms with Gasteiger partial charge in [-0.25, -0.2) is 4.99 Å². The average Bonchev–Trinajstić information content (AvgIpc) is 2.76. The average molecular weight is 538 g/mol. The van der Waals surface area contributed by atoms with Crippen LogP contribution in [0.4, 0.5) is 0 Å². The lowest BCUT2D eigenvalue weighted by Crippen LogP contribution is -2.38. The molecule has 1 amide bonds. The molecule has 0 aromatic heterocycles. The minimum absolute atomic E-state index is 0. The molecule has 31 heavy (non-hydrogen) atoms. The molecule has 0 fully saturated rings. The molecule has 2 N–H and O–H groups in total. The number of aliphatic imine (C=N–C) groups is 1. The maximum Gasteiger partial charge on any atom is 0.253 e. The number of guanidine groups is 1. The lowest BCUT2D eigenvalue weighted by atomic mass is 10.1. The zero-order valence-electron chi connectivity index (χ0n) is 19.0. The summed E-state index contributed by atoms with van der Waals surface area (Å²) < 4.78 is 5.56. The molecular formula is C24H35IN4O2. The summed E-state index contributed by atoms with van der Waals surface area (Å²) in [5.41, 5.74) is 4.16. The van der Waals surface area contributed by atoms with E-state index in [-0.39, 0.29) is 29.9 Å². The molecule has 0 aliphatic rings. The molecule has 0 radical (unpaired) electrons. The van der Waals surface area contributed by atoms with E-state index in [4.69, 9.17) is 9.73 Å². The van der Waals surface area contributed by atoms with Crippen molar-refractivity contribution in [3.63, 3.8) is 0 Å². The summed E-state index contributed by atoms with van der Waals surface area (Å²) in [5, 5.41) is 6.68. The topological polar surface area (TPSA) is 66.0 Å². The predicted molar refractivity (Wildman–Crippen MR) is 138 cm³/mol. The van der Waals surface area contributed by atoms with Crippen molar-refractivity contribution in [1.29, 1.82) is 0 Å². The number of hydrogen-bond acceptors (Lipinski definition) is 3. The molecule has 0 unspecified atom stereocenters. The van der Waals surface area contributed by atoms with Gasteiger partial charge in [-0.15, -0.1) is 24.0 Å². The molecule has 170 valence electrons. The highest BCUT2D eigenvalue weighted by atomic mass is 127. The minimum Gasteiger partial charge on any atom is -0.377 e. The Kier molecular flexibility index (Phi) is 12.8. The van der Waals surface area contributed by atoms with Crippen LogP contribution in [0.1, 0.15) is 40.9 Å². The first-order valence-corrected chi connectivity index (χ1v) is 10.5. The Morgan fingerprint density at radius 3 is 2.45 bits per heavy atom. The number of hydrogen-bond donors (Lipinski definition) is 2. The van der Waals surface area contributed by atoms with Crippen LogP contribution in [0.2, 0.25) is 0 Å². The minimum atomic E-state index is 0. The fraction of sp³-hybridized carbons (Fsp3) is 0.417. The van der Waals surface area contributed by atoms with Gasteiger partial charge in [0, 0.05) is 39.4 Å². The van der Waals surface area contributed by atoms with Crippen molar-refractivity contribution in [2.24, 2.45) is 4.99 Å². The van der Waals surface area contributed by atoms with E-state index in [2.05, 4.69) is 29.7 Å². The summed E-state index contributed by atoms with van der Waals surface area (Å²) in [6.07, 6.45) is 0.805. The highest BCUT2D eigenvalue weighted by molar-refractivity contribution is 14.0. The molecular weight excluding hydrogens is 503 g/mol. The largest absolute Gasteiger partial charge is 0.377 e. The molecule has 0 aliphatic heterocycles. The van der Waals surface area contributed by atoms with Crippen LogP contribution in [0.5, 0.6) is 0 Å². The molecule has 0 spiro atoms. The maximum absolute atomic E-state index is 12.1. The molecule has 0 heterocycles. The number of benzene rings is 2. The Bertz CT molecular complexity index is 840. The quantitative estimate of drug-likeness (QED) is 0.274. The van der Waals surface area contributed by atoms with Crippen LogP contribution < -0.4 is 10.6 Å². The van der Waals surface area contributed by atoms with E-state index in [1.807, 2.05) is 43.3 Å². The third-order valence-corrected chi connectivity index (χ3v) is 4.62. The summed E-state index contributed by atoms with van der Waals surface area (Å²) in [6, 6.07) is 16.0. The Morgan fingerprint density at radius 1 is 1.03 bits per heavy atom. The van der Waals surface area contributed by atoms with Gasteiger partial charge in [0.25, 0.3) is 5.91 Å². The number of carbonyl (C=O) groups is 1. The second-order valence-electron chi connectivity index (χ2n) is 7.18. The van der Waals surface area contributed by atoms with Gasteiger partial charge in [-0.3, -0.25) is 4.79 Å². The van der Waals surface area contributed by atoms with Crippen molar-refractivity contribution < 1.29 is 9.53 Å². The molecule has 0 aliphatic carbocycles. The zero-order valence-corrected chi connectivity index (χ0v) is 21.3. The van der Waals surface area contributed by atoms with E-state index < -0.39 is 0 Å². The molecule has 6 nitrogen and oxygen atoms in total. The molecule has 0 saturated heterocycles. The molecule has 0 bridgehead atoms. The lowest BCUT2D eigenvalue weighted by Gasteiger charge is -2.13. The summed E-state index contributed by atoms with van der Waals surface area (Å²) in [6.45, 7) is 7.46. The Balaban J connectivity index is 0.00000480. The van der Waals surface area contributed by atoms with Gasteiger partial charge in [0.15, 0.2) is 5.96 Å². The first-order valence-electron chi connectivity index (χ1n) is 10.5. The van der Waals surface area contributed by atoms with Crippen molar-refractivity contribution >= 4 is 35.8 Å². The molecule has 7 heteroatoms. The standard InChI is InChI=1S/C24H34N4O2.HI/c1-5-25-24(27-17-21-11-7-8-12-22(21)18-30-6-2)26-15-14-19-10-9-13-20(16-19)23(29)28(3)4;/h7-13,16H,5-6,14-15,17-18H2,1-4H3,(H2,25,26,27);1H. The van der Waals surface area contributed by atoms with E-state index in [9.17, 15) is 4.79 Å². The number of ether oxygens (including phenoxy) is 1. The lowest BCUT2D eigenvalue weighted by molar-refractivity contribution is 0.0827. The number of carbonyl (C=O) groups excluding carboxylic acids is 1. The second-order valence-corrected chi connectivity index (χ2v) is 7.18. The highest BCUT2D eigenvalue weighted by Crippen LogP contribution is 2.11. The van der Waals surface area contributed by atoms with Gasteiger partial charge in [-0.05, 0) is 49.1 Å². The number of halogens is 1. The van der Waals surface area contributed by atoms with Gasteiger partial charge in [-0.1, -0.05) is 36.4 Å². The van der Waals surface area contributed by atoms with Crippen LogP contribution in [0, 0.1) is 0 Å². The summed E-state index contributed by atoms with van der Waals surface area (Å²) in [5.74, 6) is 0.801. The van der Waals surface area contributed by atoms with E-state index >= 15 is 0 Å². The van der Waals surface area contributed by atoms with E-state index in [1.54, 1.807) is 19.0 Å². The van der Waals surface area contributed by atoms with E-state index in [0.717, 1.165) is 36.6 Å². The van der Waals surface area contributed by atoms with Gasteiger partial charge in [0.05, 0.1) is 13.2 Å². The summed E-state index contributed by atoms with van der Waals surface area (Å²) in [7, 11) is 3.53. The third-order valence-electron chi connectivity index (χ3n) is 4.62. The van der Waals surface area contributed by atoms with Crippen LogP contribution in [0.15, 0.2) is 53.5 Å². The van der Waals surface area contributed by atoms with Crippen molar-refractivity contribution in [1.82, 2.24) is 15.5 Å². The number of rotatable bonds is 10. The fourth-order valence-corrected chi connectivity index (χ4v) is 3.01. The van der Waals surface area contributed by atoms with Crippen LogP contribution in [-0.4, -0.2) is 50.6 Å². The van der Waals surface area contributed by atoms with Crippen molar-refractivity contribution in [3.8, 4) is 0 Å². The van der Waals surface area contributed by atoms with Gasteiger partial charge in [0.2, 0.25) is 0 Å². The van der Waals surface area contributed by atoms with Gasteiger partial charge in [-0.2, -0.15) is 0 Å². The van der Waals surface area contributed by atoms with Crippen LogP contribution in [-0.2, 0) is 24.3 Å². The maximum atomic E-state index is 12.1. The summed E-state index contributed by atoms with van der Waals surface area (Å²) >= 11 is 0. The first-order chi connectivity index (χ1) is 14.5. The summed E-state index contributed by atoms with van der Waals surface area (Å²) in [4.78, 5) is 18.5. The van der Waals surface area contributed by atoms with Crippen LogP contribution in [0.25, 0.3) is 0 Å². The Labute approximate surface area is 203 Å². The molecule has 2 aromatic rings. The number of amides is 1. The third kappa shape index (κ3) is 9.26. The number of nitrogens with one attached hydrogen (secondary N) is 2. The van der Waals surface area contributed by atoms with Crippen molar-refractivity contribution in [2.45, 2.75) is 33.4 Å². The smallest absolute Gasteiger partial charge is 0.253 e. The van der Waals surface area contributed by atoms with Crippen molar-refractivity contribution in [3.05, 3.63) is 70.8 Å². The molecule has 2 aromatic carbocycles. The van der Waals surface area contributed by atoms with E-state index in [0.29, 0.717) is 25.3 Å². The van der Waals surface area contributed by atoms with Crippen LogP contribution in [0.3, 0.4) is 0 Å². The highest BCUT2D eigenvalue weighted by Gasteiger charge is 2.08. The Morgan fingerprint density at radius 2 is 1.77 bits per heavy atom. The second kappa shape index (κ2) is 14.8. The van der Waals surface area contributed by atoms with Gasteiger partial charge >= 0.3 is 0 Å². The fourth-order valence-electron chi connectivity index (χ4n) is 3.01. The molecule has 0 saturated carbocycles. The zero-order chi connectivity index (χ0) is 21.8. The molecule has 0 atom stereocenters. The molecule has 2 rings (SSSR count). The number of nitrogens with zero attached hydrogens (tertiary/aromatic N) is 2. The Hall–Kier alpha value is -2.13. The first kappa shape index (κ1) is 26.9. The monoisotopic (exact) mass is 538 g/mol. The van der Waals surface area contributed by atoms with Gasteiger partial charge in [0.1, 0.15) is 0 Å². The normalized spacial score (nSPS) is 10.9.